The van der Waals surface area contributed by atoms with Crippen molar-refractivity contribution in [3.63, 3.8) is 0 Å². The minimum atomic E-state index is -1.01. The fraction of sp³-hybridized carbons (Fsp3) is 0.636. The predicted molar refractivity (Wildman–Crippen MR) is 153 cm³/mol. The number of carbonyl (C=O) groups excluding carboxylic acids is 4. The first kappa shape index (κ1) is 30.1. The van der Waals surface area contributed by atoms with Gasteiger partial charge in [0.05, 0.1) is 13.5 Å². The summed E-state index contributed by atoms with van der Waals surface area (Å²) in [7, 11) is 1.22. The molecule has 0 heterocycles. The Morgan fingerprint density at radius 3 is 2.52 bits per heavy atom. The third-order valence-corrected chi connectivity index (χ3v) is 11.0. The van der Waals surface area contributed by atoms with E-state index in [9.17, 15) is 29.4 Å². The average molecular weight is 582 g/mol. The number of ether oxygens (including phenoxy) is 2. The fourth-order valence-electron chi connectivity index (χ4n) is 8.67. The molecule has 3 fully saturated rings. The van der Waals surface area contributed by atoms with E-state index < -0.39 is 23.9 Å². The highest BCUT2D eigenvalue weighted by Gasteiger charge is 2.60. The van der Waals surface area contributed by atoms with Crippen LogP contribution in [-0.2, 0) is 35.1 Å². The summed E-state index contributed by atoms with van der Waals surface area (Å²) in [6, 6.07) is 3.15. The number of hydrogen-bond acceptors (Lipinski definition) is 8. The Labute approximate surface area is 247 Å². The maximum Gasteiger partial charge on any atom is 0.328 e. The van der Waals surface area contributed by atoms with Crippen LogP contribution in [0.1, 0.15) is 83.6 Å². The van der Waals surface area contributed by atoms with Crippen LogP contribution < -0.4 is 5.32 Å². The van der Waals surface area contributed by atoms with Gasteiger partial charge in [0, 0.05) is 24.7 Å². The Bertz CT molecular complexity index is 1290. The van der Waals surface area contributed by atoms with Crippen LogP contribution in [0, 0.1) is 28.6 Å². The summed E-state index contributed by atoms with van der Waals surface area (Å²) in [5, 5.41) is 21.9. The lowest BCUT2D eigenvalue weighted by molar-refractivity contribution is -0.160. The lowest BCUT2D eigenvalue weighted by Crippen LogP contribution is -2.51. The summed E-state index contributed by atoms with van der Waals surface area (Å²) in [6.45, 7) is 4.63. The summed E-state index contributed by atoms with van der Waals surface area (Å²) >= 11 is 0. The second kappa shape index (κ2) is 11.7. The number of ketones is 1. The van der Waals surface area contributed by atoms with E-state index >= 15 is 0 Å². The van der Waals surface area contributed by atoms with Gasteiger partial charge in [-0.05, 0) is 91.9 Å². The van der Waals surface area contributed by atoms with Gasteiger partial charge in [0.1, 0.15) is 12.1 Å². The van der Waals surface area contributed by atoms with Gasteiger partial charge in [-0.3, -0.25) is 14.4 Å². The largest absolute Gasteiger partial charge is 0.504 e. The number of esters is 2. The number of carbonyl (C=O) groups is 4. The number of methoxy groups -OCH3 is 1. The van der Waals surface area contributed by atoms with E-state index in [1.165, 1.54) is 30.9 Å². The minimum Gasteiger partial charge on any atom is -0.504 e. The molecule has 1 aromatic rings. The zero-order chi connectivity index (χ0) is 30.2. The number of fused-ring (bicyclic) bond motifs is 5. The first-order valence-corrected chi connectivity index (χ1v) is 15.3. The number of phenols is 2. The lowest BCUT2D eigenvalue weighted by Gasteiger charge is -2.57. The summed E-state index contributed by atoms with van der Waals surface area (Å²) in [6.07, 6.45) is 9.13. The molecule has 9 heteroatoms. The molecule has 3 saturated carbocycles. The number of aromatic hydroxyl groups is 2. The predicted octanol–water partition coefficient (Wildman–Crippen LogP) is 4.52. The Hall–Kier alpha value is -3.36. The number of amides is 1. The van der Waals surface area contributed by atoms with Gasteiger partial charge in [0.15, 0.2) is 17.3 Å². The van der Waals surface area contributed by atoms with Crippen molar-refractivity contribution in [2.75, 3.05) is 7.11 Å². The topological polar surface area (TPSA) is 139 Å². The number of hydrogen-bond donors (Lipinski definition) is 3. The highest BCUT2D eigenvalue weighted by molar-refractivity contribution is 5.91. The summed E-state index contributed by atoms with van der Waals surface area (Å²) in [4.78, 5) is 50.0. The van der Waals surface area contributed by atoms with E-state index in [2.05, 4.69) is 19.2 Å². The maximum absolute atomic E-state index is 12.9. The van der Waals surface area contributed by atoms with Crippen LogP contribution in [0.4, 0.5) is 0 Å². The van der Waals surface area contributed by atoms with Crippen molar-refractivity contribution < 1.29 is 38.9 Å². The molecule has 0 saturated heterocycles. The van der Waals surface area contributed by atoms with E-state index in [0.717, 1.165) is 44.9 Å². The number of phenolic OH excluding ortho intramolecular Hbond substituents is 2. The molecule has 0 aromatic heterocycles. The summed E-state index contributed by atoms with van der Waals surface area (Å²) in [5.41, 5.74) is 1.88. The zero-order valence-corrected chi connectivity index (χ0v) is 24.8. The average Bonchev–Trinajstić information content (AvgIpc) is 3.29. The molecule has 5 rings (SSSR count). The molecule has 4 aliphatic rings. The molecule has 228 valence electrons. The molecular formula is C33H43NO8. The quantitative estimate of drug-likeness (QED) is 0.301. The molecule has 3 N–H and O–H groups in total. The van der Waals surface area contributed by atoms with Gasteiger partial charge >= 0.3 is 11.9 Å². The maximum atomic E-state index is 12.9. The smallest absolute Gasteiger partial charge is 0.328 e. The zero-order valence-electron chi connectivity index (χ0n) is 24.8. The van der Waals surface area contributed by atoms with Crippen molar-refractivity contribution in [3.05, 3.63) is 35.4 Å². The molecule has 1 aromatic carbocycles. The molecule has 0 unspecified atom stereocenters. The molecule has 4 aliphatic carbocycles. The lowest BCUT2D eigenvalue weighted by atomic mass is 9.47. The van der Waals surface area contributed by atoms with Crippen molar-refractivity contribution in [1.29, 1.82) is 0 Å². The van der Waals surface area contributed by atoms with Crippen LogP contribution in [0.3, 0.4) is 0 Å². The standard InChI is InChI=1S/C33H43NO8/c1-32-14-12-21(35)18-20(32)5-6-22-23-7-9-28(33(23,2)15-13-24(22)32)42-30(39)11-10-29(38)34-25(31(40)41-3)16-19-4-8-26(36)27(37)17-19/h4,8,17-18,22-25,28,36-37H,5-7,9-16H2,1-3H3,(H,34,38)/t22-,23-,24+,25-,28-,32-,33-/m0/s1. The summed E-state index contributed by atoms with van der Waals surface area (Å²) < 4.78 is 10.9. The minimum absolute atomic E-state index is 0.0489. The number of rotatable bonds is 8. The van der Waals surface area contributed by atoms with E-state index in [0.29, 0.717) is 29.7 Å². The van der Waals surface area contributed by atoms with Gasteiger partial charge in [0.2, 0.25) is 5.91 Å². The van der Waals surface area contributed by atoms with Crippen molar-refractivity contribution in [2.24, 2.45) is 28.6 Å². The second-order valence-electron chi connectivity index (χ2n) is 13.2. The van der Waals surface area contributed by atoms with Crippen LogP contribution in [-0.4, -0.2) is 53.1 Å². The van der Waals surface area contributed by atoms with E-state index in [-0.39, 0.29) is 53.5 Å². The Balaban J connectivity index is 1.15. The summed E-state index contributed by atoms with van der Waals surface area (Å²) in [5.74, 6) is -0.281. The molecular weight excluding hydrogens is 538 g/mol. The molecule has 0 bridgehead atoms. The number of nitrogens with one attached hydrogen (secondary N) is 1. The Kier molecular flexibility index (Phi) is 8.41. The van der Waals surface area contributed by atoms with Crippen LogP contribution >= 0.6 is 0 Å². The second-order valence-corrected chi connectivity index (χ2v) is 13.2. The fourth-order valence-corrected chi connectivity index (χ4v) is 8.67. The molecule has 1 amide bonds. The van der Waals surface area contributed by atoms with Gasteiger partial charge in [-0.2, -0.15) is 0 Å². The van der Waals surface area contributed by atoms with Gasteiger partial charge < -0.3 is 25.0 Å². The molecule has 0 radical (unpaired) electrons. The van der Waals surface area contributed by atoms with Crippen LogP contribution in [0.25, 0.3) is 0 Å². The van der Waals surface area contributed by atoms with Crippen molar-refractivity contribution in [1.82, 2.24) is 5.32 Å². The van der Waals surface area contributed by atoms with Crippen LogP contribution in [0.5, 0.6) is 11.5 Å². The SMILES string of the molecule is COC(=O)[C@H](Cc1ccc(O)c(O)c1)NC(=O)CCC(=O)O[C@H]1CC[C@H]2[C@@H]3CCC4=CC(=O)CC[C@]4(C)[C@@H]3CC[C@]12C. The van der Waals surface area contributed by atoms with Crippen LogP contribution in [0.15, 0.2) is 29.8 Å². The highest BCUT2D eigenvalue weighted by Crippen LogP contribution is 2.65. The third-order valence-electron chi connectivity index (χ3n) is 11.0. The van der Waals surface area contributed by atoms with Gasteiger partial charge in [-0.15, -0.1) is 0 Å². The third kappa shape index (κ3) is 5.66. The normalized spacial score (nSPS) is 32.5. The van der Waals surface area contributed by atoms with E-state index in [1.807, 2.05) is 6.08 Å². The van der Waals surface area contributed by atoms with Crippen molar-refractivity contribution >= 4 is 23.6 Å². The van der Waals surface area contributed by atoms with Gasteiger partial charge in [0.25, 0.3) is 0 Å². The molecule has 0 spiro atoms. The van der Waals surface area contributed by atoms with Crippen molar-refractivity contribution in [3.8, 4) is 11.5 Å². The molecule has 0 aliphatic heterocycles. The highest BCUT2D eigenvalue weighted by atomic mass is 16.5. The van der Waals surface area contributed by atoms with Gasteiger partial charge in [-0.25, -0.2) is 4.79 Å². The number of allylic oxidation sites excluding steroid dienone is 1. The Morgan fingerprint density at radius 2 is 1.79 bits per heavy atom. The first-order valence-electron chi connectivity index (χ1n) is 15.3. The Morgan fingerprint density at radius 1 is 1.00 bits per heavy atom. The van der Waals surface area contributed by atoms with E-state index in [1.54, 1.807) is 0 Å². The monoisotopic (exact) mass is 581 g/mol. The van der Waals surface area contributed by atoms with Gasteiger partial charge in [-0.1, -0.05) is 25.5 Å². The molecule has 9 nitrogen and oxygen atoms in total. The first-order chi connectivity index (χ1) is 19.9. The van der Waals surface area contributed by atoms with E-state index in [4.69, 9.17) is 9.47 Å². The van der Waals surface area contributed by atoms with Crippen LogP contribution in [0.2, 0.25) is 0 Å². The van der Waals surface area contributed by atoms with Crippen molar-refractivity contribution in [2.45, 2.75) is 96.6 Å². The molecule has 42 heavy (non-hydrogen) atoms. The molecule has 7 atom stereocenters. The number of benzene rings is 1.